The molecular weight excluding hydrogens is 195 g/mol. The van der Waals surface area contributed by atoms with E-state index in [0.717, 1.165) is 0 Å². The molecule has 0 amide bonds. The van der Waals surface area contributed by atoms with E-state index in [9.17, 15) is 9.60 Å². The van der Waals surface area contributed by atoms with E-state index in [4.69, 9.17) is 0 Å². The fraction of sp³-hybridized carbons (Fsp3) is 0.0909. The zero-order valence-corrected chi connectivity index (χ0v) is 8.14. The third kappa shape index (κ3) is 1.79. The third-order valence-corrected chi connectivity index (χ3v) is 2.19. The third-order valence-electron chi connectivity index (χ3n) is 2.19. The predicted octanol–water partition coefficient (Wildman–Crippen LogP) is 1.83. The topological polar surface area (TPSA) is 39.8 Å². The summed E-state index contributed by atoms with van der Waals surface area (Å²) in [6.07, 6.45) is 4.20. The van der Waals surface area contributed by atoms with Crippen LogP contribution in [0.5, 0.6) is 0 Å². The number of aryl methyl sites for hydroxylation is 1. The van der Waals surface area contributed by atoms with Gasteiger partial charge in [0, 0.05) is 0 Å². The average Bonchev–Trinajstić information content (AvgIpc) is 2.20. The van der Waals surface area contributed by atoms with Crippen molar-refractivity contribution in [2.45, 2.75) is 6.92 Å². The van der Waals surface area contributed by atoms with Gasteiger partial charge in [-0.1, -0.05) is 0 Å². The molecule has 3 nitrogen and oxygen atoms in total. The fourth-order valence-corrected chi connectivity index (χ4v) is 1.45. The van der Waals surface area contributed by atoms with Crippen molar-refractivity contribution >= 4 is 0 Å². The van der Waals surface area contributed by atoms with Gasteiger partial charge in [0.25, 0.3) is 0 Å². The molecule has 15 heavy (non-hydrogen) atoms. The van der Waals surface area contributed by atoms with Crippen LogP contribution in [0.15, 0.2) is 36.8 Å². The lowest BCUT2D eigenvalue weighted by atomic mass is 10.1. The van der Waals surface area contributed by atoms with Crippen LogP contribution < -0.4 is 4.73 Å². The Hall–Kier alpha value is -1.97. The van der Waals surface area contributed by atoms with Crippen molar-refractivity contribution in [3.8, 4) is 11.3 Å². The highest BCUT2D eigenvalue weighted by molar-refractivity contribution is 5.59. The molecule has 0 fully saturated rings. The van der Waals surface area contributed by atoms with Gasteiger partial charge in [0.05, 0.1) is 11.8 Å². The first-order valence-electron chi connectivity index (χ1n) is 4.48. The molecule has 0 radical (unpaired) electrons. The molecule has 1 heterocycles. The molecule has 76 valence electrons. The van der Waals surface area contributed by atoms with Gasteiger partial charge >= 0.3 is 0 Å². The van der Waals surface area contributed by atoms with Gasteiger partial charge in [0.1, 0.15) is 12.0 Å². The van der Waals surface area contributed by atoms with Crippen LogP contribution in [0.25, 0.3) is 11.3 Å². The number of hydrogen-bond acceptors (Lipinski definition) is 2. The maximum absolute atomic E-state index is 12.9. The van der Waals surface area contributed by atoms with Crippen LogP contribution in [-0.2, 0) is 0 Å². The molecule has 0 aliphatic heterocycles. The Morgan fingerprint density at radius 2 is 2.20 bits per heavy atom. The van der Waals surface area contributed by atoms with E-state index >= 15 is 0 Å². The van der Waals surface area contributed by atoms with Crippen LogP contribution in [0.3, 0.4) is 0 Å². The Labute approximate surface area is 86.4 Å². The summed E-state index contributed by atoms with van der Waals surface area (Å²) in [6, 6.07) is 4.30. The molecule has 0 atom stereocenters. The summed E-state index contributed by atoms with van der Waals surface area (Å²) in [7, 11) is 0. The van der Waals surface area contributed by atoms with E-state index in [-0.39, 0.29) is 5.82 Å². The molecule has 1 aromatic heterocycles. The summed E-state index contributed by atoms with van der Waals surface area (Å²) in [5.41, 5.74) is 1.84. The molecule has 0 spiro atoms. The minimum atomic E-state index is -0.308. The average molecular weight is 204 g/mol. The summed E-state index contributed by atoms with van der Waals surface area (Å²) in [5, 5.41) is 11.4. The highest BCUT2D eigenvalue weighted by Crippen LogP contribution is 2.19. The van der Waals surface area contributed by atoms with Crippen molar-refractivity contribution in [3.63, 3.8) is 0 Å². The standard InChI is InChI=1S/C11H9FN2O/c1-8-6-9(12)2-3-10(8)11-7-13-4-5-14(11)15/h2-7H,1H3. The number of halogens is 1. The second-order valence-corrected chi connectivity index (χ2v) is 3.25. The van der Waals surface area contributed by atoms with Crippen molar-refractivity contribution < 1.29 is 9.12 Å². The van der Waals surface area contributed by atoms with Gasteiger partial charge in [0.2, 0.25) is 5.69 Å². The molecule has 0 bridgehead atoms. The number of hydrogen-bond donors (Lipinski definition) is 0. The molecule has 0 N–H and O–H groups in total. The van der Waals surface area contributed by atoms with Gasteiger partial charge in [-0.2, -0.15) is 4.73 Å². The Kier molecular flexibility index (Phi) is 2.33. The van der Waals surface area contributed by atoms with Crippen molar-refractivity contribution in [2.24, 2.45) is 0 Å². The van der Waals surface area contributed by atoms with Crippen LogP contribution in [0.2, 0.25) is 0 Å². The second-order valence-electron chi connectivity index (χ2n) is 3.25. The first-order chi connectivity index (χ1) is 7.18. The molecule has 2 aromatic rings. The van der Waals surface area contributed by atoms with Crippen molar-refractivity contribution in [3.05, 3.63) is 53.4 Å². The summed E-state index contributed by atoms with van der Waals surface area (Å²) in [6.45, 7) is 1.76. The van der Waals surface area contributed by atoms with Crippen molar-refractivity contribution in [1.82, 2.24) is 4.98 Å². The van der Waals surface area contributed by atoms with Crippen LogP contribution in [0.1, 0.15) is 5.56 Å². The number of rotatable bonds is 1. The zero-order valence-electron chi connectivity index (χ0n) is 8.14. The highest BCUT2D eigenvalue weighted by atomic mass is 19.1. The molecule has 0 saturated heterocycles. The monoisotopic (exact) mass is 204 g/mol. The van der Waals surface area contributed by atoms with Gasteiger partial charge in [0.15, 0.2) is 6.20 Å². The highest BCUT2D eigenvalue weighted by Gasteiger charge is 2.11. The number of benzene rings is 1. The van der Waals surface area contributed by atoms with Gasteiger partial charge in [-0.15, -0.1) is 0 Å². The van der Waals surface area contributed by atoms with Gasteiger partial charge in [-0.3, -0.25) is 4.98 Å². The maximum Gasteiger partial charge on any atom is 0.242 e. The van der Waals surface area contributed by atoms with E-state index in [1.807, 2.05) is 0 Å². The predicted molar refractivity (Wildman–Crippen MR) is 53.3 cm³/mol. The van der Waals surface area contributed by atoms with E-state index in [0.29, 0.717) is 21.6 Å². The van der Waals surface area contributed by atoms with Crippen LogP contribution in [-0.4, -0.2) is 4.98 Å². The lowest BCUT2D eigenvalue weighted by Gasteiger charge is -2.05. The van der Waals surface area contributed by atoms with Crippen LogP contribution in [0, 0.1) is 17.9 Å². The normalized spacial score (nSPS) is 10.3. The first-order valence-corrected chi connectivity index (χ1v) is 4.48. The minimum absolute atomic E-state index is 0.308. The SMILES string of the molecule is Cc1cc(F)ccc1-c1cncc[n+]1[O-]. The Balaban J connectivity index is 2.60. The minimum Gasteiger partial charge on any atom is -0.618 e. The number of aromatic nitrogens is 2. The summed E-state index contributed by atoms with van der Waals surface area (Å²) in [4.78, 5) is 3.87. The molecular formula is C11H9FN2O. The Morgan fingerprint density at radius 1 is 1.40 bits per heavy atom. The smallest absolute Gasteiger partial charge is 0.242 e. The fourth-order valence-electron chi connectivity index (χ4n) is 1.45. The molecule has 0 aliphatic rings. The van der Waals surface area contributed by atoms with Crippen molar-refractivity contribution in [1.29, 1.82) is 0 Å². The Morgan fingerprint density at radius 3 is 2.87 bits per heavy atom. The van der Waals surface area contributed by atoms with Crippen LogP contribution >= 0.6 is 0 Å². The second kappa shape index (κ2) is 3.65. The lowest BCUT2D eigenvalue weighted by molar-refractivity contribution is -0.594. The zero-order chi connectivity index (χ0) is 10.8. The van der Waals surface area contributed by atoms with Crippen molar-refractivity contribution in [2.75, 3.05) is 0 Å². The Bertz CT molecular complexity index is 500. The maximum atomic E-state index is 12.9. The lowest BCUT2D eigenvalue weighted by Crippen LogP contribution is -2.28. The van der Waals surface area contributed by atoms with Gasteiger partial charge in [-0.05, 0) is 30.7 Å². The quantitative estimate of drug-likeness (QED) is 0.525. The summed E-state index contributed by atoms with van der Waals surface area (Å²) >= 11 is 0. The van der Waals surface area contributed by atoms with E-state index in [1.165, 1.54) is 30.7 Å². The first kappa shape index (κ1) is 9.58. The summed E-state index contributed by atoms with van der Waals surface area (Å²) < 4.78 is 13.6. The molecule has 0 aliphatic carbocycles. The summed E-state index contributed by atoms with van der Waals surface area (Å²) in [5.74, 6) is -0.308. The molecule has 1 aromatic carbocycles. The molecule has 4 heteroatoms. The largest absolute Gasteiger partial charge is 0.618 e. The van der Waals surface area contributed by atoms with E-state index in [1.54, 1.807) is 13.0 Å². The molecule has 0 unspecified atom stereocenters. The van der Waals surface area contributed by atoms with Crippen LogP contribution in [0.4, 0.5) is 4.39 Å². The van der Waals surface area contributed by atoms with Gasteiger partial charge < -0.3 is 5.21 Å². The van der Waals surface area contributed by atoms with Gasteiger partial charge in [-0.25, -0.2) is 4.39 Å². The van der Waals surface area contributed by atoms with E-state index < -0.39 is 0 Å². The van der Waals surface area contributed by atoms with E-state index in [2.05, 4.69) is 4.98 Å². The molecule has 0 saturated carbocycles. The number of nitrogens with zero attached hydrogens (tertiary/aromatic N) is 2. The molecule has 2 rings (SSSR count).